The van der Waals surface area contributed by atoms with E-state index in [4.69, 9.17) is 0 Å². The Bertz CT molecular complexity index is 371. The second kappa shape index (κ2) is 7.05. The van der Waals surface area contributed by atoms with Crippen molar-refractivity contribution >= 4 is 29.4 Å². The summed E-state index contributed by atoms with van der Waals surface area (Å²) < 4.78 is 0. The molecular weight excluding hydrogens is 264 g/mol. The van der Waals surface area contributed by atoms with Crippen LogP contribution in [0.25, 0.3) is 0 Å². The van der Waals surface area contributed by atoms with Crippen molar-refractivity contribution in [3.05, 3.63) is 0 Å². The van der Waals surface area contributed by atoms with Gasteiger partial charge in [-0.25, -0.2) is 0 Å². The number of hydrogen-bond donors (Lipinski definition) is 1. The molecule has 0 radical (unpaired) electrons. The van der Waals surface area contributed by atoms with Crippen molar-refractivity contribution in [1.29, 1.82) is 0 Å². The van der Waals surface area contributed by atoms with E-state index in [1.807, 2.05) is 20.8 Å². The zero-order valence-corrected chi connectivity index (χ0v) is 12.8. The van der Waals surface area contributed by atoms with Crippen molar-refractivity contribution in [2.75, 3.05) is 12.8 Å². The van der Waals surface area contributed by atoms with E-state index in [1.54, 1.807) is 0 Å². The number of carbonyl (C=O) groups excluding carboxylic acids is 3. The van der Waals surface area contributed by atoms with Crippen LogP contribution < -0.4 is 5.32 Å². The number of ketones is 1. The number of hydrogen-bond acceptors (Lipinski definition) is 5. The zero-order chi connectivity index (χ0) is 14.6. The standard InChI is InChI=1S/C13H22N2O3S/c1-5-10(16)9(14-8(2)3)7-19-11-6-12(17)15(4)13(11)18/h8-9,11,14H,5-7H2,1-4H3/t9-,11?/m0/s1. The summed E-state index contributed by atoms with van der Waals surface area (Å²) >= 11 is 1.40. The highest BCUT2D eigenvalue weighted by molar-refractivity contribution is 8.00. The van der Waals surface area contributed by atoms with Gasteiger partial charge in [0.15, 0.2) is 0 Å². The lowest BCUT2D eigenvalue weighted by Crippen LogP contribution is -2.43. The SMILES string of the molecule is CCC(=O)[C@H](CSC1CC(=O)N(C)C1=O)NC(C)C. The number of carbonyl (C=O) groups is 3. The normalized spacial score (nSPS) is 21.3. The third-order valence-electron chi connectivity index (χ3n) is 3.08. The van der Waals surface area contributed by atoms with Crippen LogP contribution in [0.4, 0.5) is 0 Å². The van der Waals surface area contributed by atoms with Gasteiger partial charge in [-0.15, -0.1) is 11.8 Å². The summed E-state index contributed by atoms with van der Waals surface area (Å²) in [6.45, 7) is 5.80. The van der Waals surface area contributed by atoms with Gasteiger partial charge in [0.25, 0.3) is 0 Å². The second-order valence-corrected chi connectivity index (χ2v) is 6.25. The predicted molar refractivity (Wildman–Crippen MR) is 76.0 cm³/mol. The number of amides is 2. The Morgan fingerprint density at radius 3 is 2.53 bits per heavy atom. The molecule has 0 aromatic heterocycles. The minimum atomic E-state index is -0.335. The number of Topliss-reactive ketones (excluding diaryl/α,β-unsaturated/α-hetero) is 1. The molecule has 0 aromatic carbocycles. The van der Waals surface area contributed by atoms with Gasteiger partial charge in [-0.1, -0.05) is 20.8 Å². The van der Waals surface area contributed by atoms with Crippen molar-refractivity contribution in [2.45, 2.75) is 50.9 Å². The molecule has 1 fully saturated rings. The third-order valence-corrected chi connectivity index (χ3v) is 4.37. The average Bonchev–Trinajstić information content (AvgIpc) is 2.60. The molecule has 1 aliphatic heterocycles. The van der Waals surface area contributed by atoms with E-state index in [9.17, 15) is 14.4 Å². The Morgan fingerprint density at radius 1 is 1.47 bits per heavy atom. The summed E-state index contributed by atoms with van der Waals surface area (Å²) in [5.41, 5.74) is 0. The minimum absolute atomic E-state index is 0.141. The van der Waals surface area contributed by atoms with Crippen LogP contribution in [0.15, 0.2) is 0 Å². The van der Waals surface area contributed by atoms with Crippen molar-refractivity contribution in [3.63, 3.8) is 0 Å². The van der Waals surface area contributed by atoms with Crippen LogP contribution in [-0.2, 0) is 14.4 Å². The highest BCUT2D eigenvalue weighted by atomic mass is 32.2. The highest BCUT2D eigenvalue weighted by Gasteiger charge is 2.36. The number of thioether (sulfide) groups is 1. The second-order valence-electron chi connectivity index (χ2n) is 5.01. The summed E-state index contributed by atoms with van der Waals surface area (Å²) in [7, 11) is 1.51. The maximum Gasteiger partial charge on any atom is 0.242 e. The van der Waals surface area contributed by atoms with Gasteiger partial charge in [-0.3, -0.25) is 19.3 Å². The Hall–Kier alpha value is -0.880. The van der Waals surface area contributed by atoms with E-state index in [0.717, 1.165) is 0 Å². The van der Waals surface area contributed by atoms with E-state index in [1.165, 1.54) is 23.7 Å². The minimum Gasteiger partial charge on any atom is -0.305 e. The predicted octanol–water partition coefficient (Wildman–Crippen LogP) is 0.823. The summed E-state index contributed by atoms with van der Waals surface area (Å²) in [5.74, 6) is 0.383. The molecule has 0 saturated carbocycles. The molecule has 1 heterocycles. The molecule has 0 bridgehead atoms. The molecule has 1 aliphatic rings. The van der Waals surface area contributed by atoms with Crippen LogP contribution in [0, 0.1) is 0 Å². The van der Waals surface area contributed by atoms with Gasteiger partial charge in [-0.2, -0.15) is 0 Å². The lowest BCUT2D eigenvalue weighted by molar-refractivity contribution is -0.136. The van der Waals surface area contributed by atoms with E-state index in [0.29, 0.717) is 12.2 Å². The molecule has 1 unspecified atom stereocenters. The molecule has 5 nitrogen and oxygen atoms in total. The molecule has 19 heavy (non-hydrogen) atoms. The van der Waals surface area contributed by atoms with Crippen LogP contribution in [0.5, 0.6) is 0 Å². The average molecular weight is 286 g/mol. The summed E-state index contributed by atoms with van der Waals surface area (Å²) in [5, 5.41) is 2.88. The van der Waals surface area contributed by atoms with Crippen molar-refractivity contribution in [1.82, 2.24) is 10.2 Å². The van der Waals surface area contributed by atoms with E-state index in [2.05, 4.69) is 5.32 Å². The largest absolute Gasteiger partial charge is 0.305 e. The number of nitrogens with zero attached hydrogens (tertiary/aromatic N) is 1. The van der Waals surface area contributed by atoms with Crippen molar-refractivity contribution in [3.8, 4) is 0 Å². The van der Waals surface area contributed by atoms with Crippen LogP contribution in [0.3, 0.4) is 0 Å². The summed E-state index contributed by atoms with van der Waals surface area (Å²) in [6, 6.07) is -0.0338. The Labute approximate surface area is 118 Å². The Morgan fingerprint density at radius 2 is 2.11 bits per heavy atom. The molecule has 1 rings (SSSR count). The topological polar surface area (TPSA) is 66.5 Å². The fourth-order valence-electron chi connectivity index (χ4n) is 1.95. The number of rotatable bonds is 7. The zero-order valence-electron chi connectivity index (χ0n) is 11.9. The first kappa shape index (κ1) is 16.2. The fourth-order valence-corrected chi connectivity index (χ4v) is 3.22. The van der Waals surface area contributed by atoms with Crippen LogP contribution in [-0.4, -0.2) is 52.6 Å². The molecule has 1 saturated heterocycles. The first-order valence-corrected chi connectivity index (χ1v) is 7.62. The number of nitrogens with one attached hydrogen (secondary N) is 1. The Kier molecular flexibility index (Phi) is 6.00. The van der Waals surface area contributed by atoms with E-state index >= 15 is 0 Å². The van der Waals surface area contributed by atoms with Crippen LogP contribution >= 0.6 is 11.8 Å². The van der Waals surface area contributed by atoms with E-state index in [-0.39, 0.29) is 41.4 Å². The Balaban J connectivity index is 2.55. The lowest BCUT2D eigenvalue weighted by atomic mass is 10.1. The highest BCUT2D eigenvalue weighted by Crippen LogP contribution is 2.24. The molecule has 108 valence electrons. The molecule has 0 aliphatic carbocycles. The quantitative estimate of drug-likeness (QED) is 0.702. The summed E-state index contributed by atoms with van der Waals surface area (Å²) in [6.07, 6.45) is 0.719. The first-order valence-electron chi connectivity index (χ1n) is 6.57. The van der Waals surface area contributed by atoms with Crippen LogP contribution in [0.1, 0.15) is 33.6 Å². The number of imide groups is 1. The maximum atomic E-state index is 11.8. The lowest BCUT2D eigenvalue weighted by Gasteiger charge is -2.20. The third kappa shape index (κ3) is 4.31. The smallest absolute Gasteiger partial charge is 0.242 e. The van der Waals surface area contributed by atoms with Crippen LogP contribution in [0.2, 0.25) is 0 Å². The molecule has 2 atom stereocenters. The molecule has 2 amide bonds. The number of likely N-dealkylation sites (tertiary alicyclic amines) is 1. The molecule has 1 N–H and O–H groups in total. The fraction of sp³-hybridized carbons (Fsp3) is 0.769. The maximum absolute atomic E-state index is 11.8. The molecular formula is C13H22N2O3S. The van der Waals surface area contributed by atoms with Gasteiger partial charge in [0.2, 0.25) is 11.8 Å². The van der Waals surface area contributed by atoms with Gasteiger partial charge in [0.05, 0.1) is 11.3 Å². The van der Waals surface area contributed by atoms with Gasteiger partial charge >= 0.3 is 0 Å². The van der Waals surface area contributed by atoms with Gasteiger partial charge in [0.1, 0.15) is 5.78 Å². The van der Waals surface area contributed by atoms with Crippen molar-refractivity contribution in [2.24, 2.45) is 0 Å². The van der Waals surface area contributed by atoms with Gasteiger partial charge in [-0.05, 0) is 0 Å². The first-order chi connectivity index (χ1) is 8.86. The van der Waals surface area contributed by atoms with Crippen molar-refractivity contribution < 1.29 is 14.4 Å². The summed E-state index contributed by atoms with van der Waals surface area (Å²) in [4.78, 5) is 36.2. The van der Waals surface area contributed by atoms with Gasteiger partial charge in [0, 0.05) is 31.7 Å². The van der Waals surface area contributed by atoms with Gasteiger partial charge < -0.3 is 5.32 Å². The molecule has 0 aromatic rings. The molecule has 0 spiro atoms. The van der Waals surface area contributed by atoms with E-state index < -0.39 is 0 Å². The monoisotopic (exact) mass is 286 g/mol. The molecule has 6 heteroatoms.